The van der Waals surface area contributed by atoms with Gasteiger partial charge in [-0.15, -0.1) is 0 Å². The lowest BCUT2D eigenvalue weighted by Gasteiger charge is -2.09. The van der Waals surface area contributed by atoms with E-state index >= 15 is 0 Å². The fourth-order valence-electron chi connectivity index (χ4n) is 2.39. The summed E-state index contributed by atoms with van der Waals surface area (Å²) in [6, 6.07) is 15.2. The summed E-state index contributed by atoms with van der Waals surface area (Å²) >= 11 is 0. The summed E-state index contributed by atoms with van der Waals surface area (Å²) in [5.74, 6) is 0.761. The average Bonchev–Trinajstić information content (AvgIpc) is 2.93. The van der Waals surface area contributed by atoms with Gasteiger partial charge in [-0.25, -0.2) is 4.79 Å². The monoisotopic (exact) mass is 339 g/mol. The van der Waals surface area contributed by atoms with Crippen LogP contribution >= 0.6 is 0 Å². The third kappa shape index (κ3) is 4.57. The quantitative estimate of drug-likeness (QED) is 0.704. The van der Waals surface area contributed by atoms with Gasteiger partial charge in [0.05, 0.1) is 0 Å². The van der Waals surface area contributed by atoms with Crippen molar-refractivity contribution < 1.29 is 19.1 Å². The van der Waals surface area contributed by atoms with Crippen LogP contribution in [0.3, 0.4) is 0 Å². The molecule has 2 aromatic rings. The van der Waals surface area contributed by atoms with Gasteiger partial charge in [0.25, 0.3) is 5.91 Å². The number of para-hydroxylation sites is 1. The van der Waals surface area contributed by atoms with Gasteiger partial charge in [0.1, 0.15) is 17.5 Å². The third-order valence-electron chi connectivity index (χ3n) is 3.64. The highest BCUT2D eigenvalue weighted by Gasteiger charge is 2.29. The molecule has 0 bridgehead atoms. The summed E-state index contributed by atoms with van der Waals surface area (Å²) in [7, 11) is 0. The number of benzene rings is 2. The van der Waals surface area contributed by atoms with Crippen molar-refractivity contribution in [2.24, 2.45) is 0 Å². The second kappa shape index (κ2) is 7.48. The fraction of sp³-hybridized carbons (Fsp3) is 0.167. The Morgan fingerprint density at radius 1 is 1.00 bits per heavy atom. The topological polar surface area (TPSA) is 96.5 Å². The Balaban J connectivity index is 1.48. The largest absolute Gasteiger partial charge is 0.457 e. The van der Waals surface area contributed by atoms with Gasteiger partial charge < -0.3 is 15.4 Å². The molecular formula is C18H17N3O4. The molecule has 0 saturated carbocycles. The van der Waals surface area contributed by atoms with Crippen LogP contribution in [-0.4, -0.2) is 23.9 Å². The number of ether oxygens (including phenoxy) is 1. The van der Waals surface area contributed by atoms with Gasteiger partial charge in [0.2, 0.25) is 5.91 Å². The van der Waals surface area contributed by atoms with Crippen LogP contribution in [0.25, 0.3) is 0 Å². The first-order valence-corrected chi connectivity index (χ1v) is 7.84. The van der Waals surface area contributed by atoms with Crippen molar-refractivity contribution in [1.29, 1.82) is 0 Å². The van der Waals surface area contributed by atoms with Crippen LogP contribution < -0.4 is 20.7 Å². The first-order chi connectivity index (χ1) is 12.1. The van der Waals surface area contributed by atoms with Crippen molar-refractivity contribution in [2.75, 3.05) is 5.32 Å². The van der Waals surface area contributed by atoms with Gasteiger partial charge in [0.15, 0.2) is 0 Å². The number of hydrogen-bond donors (Lipinski definition) is 3. The lowest BCUT2D eigenvalue weighted by atomic mass is 10.1. The molecule has 7 nitrogen and oxygen atoms in total. The van der Waals surface area contributed by atoms with Crippen LogP contribution in [-0.2, 0) is 9.59 Å². The van der Waals surface area contributed by atoms with E-state index in [-0.39, 0.29) is 18.7 Å². The molecule has 1 saturated heterocycles. The molecule has 1 fully saturated rings. The summed E-state index contributed by atoms with van der Waals surface area (Å²) < 4.78 is 5.68. The molecule has 3 N–H and O–H groups in total. The molecule has 0 aromatic heterocycles. The highest BCUT2D eigenvalue weighted by Crippen LogP contribution is 2.22. The van der Waals surface area contributed by atoms with Gasteiger partial charge in [-0.1, -0.05) is 18.2 Å². The predicted octanol–water partition coefficient (Wildman–Crippen LogP) is 2.41. The van der Waals surface area contributed by atoms with Crippen LogP contribution in [0.15, 0.2) is 54.6 Å². The Labute approximate surface area is 144 Å². The summed E-state index contributed by atoms with van der Waals surface area (Å²) in [5, 5.41) is 7.33. The number of amides is 4. The highest BCUT2D eigenvalue weighted by molar-refractivity contribution is 6.04. The third-order valence-corrected chi connectivity index (χ3v) is 3.64. The zero-order chi connectivity index (χ0) is 17.6. The maximum absolute atomic E-state index is 11.9. The van der Waals surface area contributed by atoms with Gasteiger partial charge in [-0.2, -0.15) is 0 Å². The van der Waals surface area contributed by atoms with E-state index in [9.17, 15) is 14.4 Å². The van der Waals surface area contributed by atoms with Crippen LogP contribution in [0.2, 0.25) is 0 Å². The Morgan fingerprint density at radius 3 is 2.32 bits per heavy atom. The molecule has 0 aliphatic carbocycles. The number of carbonyl (C=O) groups is 3. The summed E-state index contributed by atoms with van der Waals surface area (Å²) in [6.45, 7) is 0. The summed E-state index contributed by atoms with van der Waals surface area (Å²) in [5.41, 5.74) is 0.630. The van der Waals surface area contributed by atoms with Crippen LogP contribution in [0, 0.1) is 0 Å². The molecule has 1 aliphatic heterocycles. The maximum atomic E-state index is 11.9. The second-order valence-corrected chi connectivity index (χ2v) is 5.54. The molecule has 0 spiro atoms. The number of urea groups is 1. The minimum atomic E-state index is -0.653. The zero-order valence-electron chi connectivity index (χ0n) is 13.3. The van der Waals surface area contributed by atoms with Gasteiger partial charge in [-0.3, -0.25) is 14.9 Å². The van der Waals surface area contributed by atoms with E-state index in [4.69, 9.17) is 4.74 Å². The SMILES string of the molecule is O=C(CCC1NC(=O)NC1=O)Nc1ccc(Oc2ccccc2)cc1. The molecule has 1 unspecified atom stereocenters. The summed E-state index contributed by atoms with van der Waals surface area (Å²) in [4.78, 5) is 34.4. The van der Waals surface area contributed by atoms with Crippen molar-refractivity contribution in [1.82, 2.24) is 10.6 Å². The Hall–Kier alpha value is -3.35. The minimum Gasteiger partial charge on any atom is -0.457 e. The predicted molar refractivity (Wildman–Crippen MR) is 91.3 cm³/mol. The van der Waals surface area contributed by atoms with Crippen LogP contribution in [0.1, 0.15) is 12.8 Å². The molecule has 1 atom stereocenters. The molecule has 1 aliphatic rings. The molecule has 7 heteroatoms. The zero-order valence-corrected chi connectivity index (χ0v) is 13.3. The molecular weight excluding hydrogens is 322 g/mol. The lowest BCUT2D eigenvalue weighted by molar-refractivity contribution is -0.120. The molecule has 1 heterocycles. The number of nitrogens with one attached hydrogen (secondary N) is 3. The van der Waals surface area contributed by atoms with E-state index in [1.807, 2.05) is 30.3 Å². The van der Waals surface area contributed by atoms with Crippen molar-refractivity contribution in [2.45, 2.75) is 18.9 Å². The molecule has 2 aromatic carbocycles. The van der Waals surface area contributed by atoms with Gasteiger partial charge in [-0.05, 0) is 42.8 Å². The first-order valence-electron chi connectivity index (χ1n) is 7.84. The minimum absolute atomic E-state index is 0.126. The smallest absolute Gasteiger partial charge is 0.322 e. The van der Waals surface area contributed by atoms with Gasteiger partial charge in [0, 0.05) is 12.1 Å². The fourth-order valence-corrected chi connectivity index (χ4v) is 2.39. The van der Waals surface area contributed by atoms with Crippen molar-refractivity contribution >= 4 is 23.5 Å². The van der Waals surface area contributed by atoms with E-state index in [0.29, 0.717) is 11.4 Å². The summed E-state index contributed by atoms with van der Waals surface area (Å²) in [6.07, 6.45) is 0.374. The van der Waals surface area contributed by atoms with E-state index in [1.54, 1.807) is 24.3 Å². The van der Waals surface area contributed by atoms with E-state index in [2.05, 4.69) is 16.0 Å². The van der Waals surface area contributed by atoms with Crippen molar-refractivity contribution in [3.05, 3.63) is 54.6 Å². The standard InChI is InChI=1S/C18H17N3O4/c22-16(11-10-15-17(23)21-18(24)20-15)19-12-6-8-14(9-7-12)25-13-4-2-1-3-5-13/h1-9,15H,10-11H2,(H,19,22)(H2,20,21,23,24). The number of carbonyl (C=O) groups excluding carboxylic acids is 3. The van der Waals surface area contributed by atoms with Crippen molar-refractivity contribution in [3.8, 4) is 11.5 Å². The molecule has 128 valence electrons. The van der Waals surface area contributed by atoms with Crippen molar-refractivity contribution in [3.63, 3.8) is 0 Å². The van der Waals surface area contributed by atoms with Crippen LogP contribution in [0.5, 0.6) is 11.5 Å². The lowest BCUT2D eigenvalue weighted by Crippen LogP contribution is -2.30. The molecule has 3 rings (SSSR count). The molecule has 0 radical (unpaired) electrons. The Kier molecular flexibility index (Phi) is 4.94. The Morgan fingerprint density at radius 2 is 1.68 bits per heavy atom. The normalized spacial score (nSPS) is 16.1. The highest BCUT2D eigenvalue weighted by atomic mass is 16.5. The number of hydrogen-bond acceptors (Lipinski definition) is 4. The van der Waals surface area contributed by atoms with E-state index < -0.39 is 18.0 Å². The van der Waals surface area contributed by atoms with E-state index in [0.717, 1.165) is 5.75 Å². The average molecular weight is 339 g/mol. The van der Waals surface area contributed by atoms with Gasteiger partial charge >= 0.3 is 6.03 Å². The molecule has 4 amide bonds. The Bertz CT molecular complexity index is 775. The number of rotatable bonds is 6. The van der Waals surface area contributed by atoms with E-state index in [1.165, 1.54) is 0 Å². The molecule has 25 heavy (non-hydrogen) atoms. The second-order valence-electron chi connectivity index (χ2n) is 5.54. The number of anilines is 1. The number of imide groups is 1. The maximum Gasteiger partial charge on any atom is 0.322 e. The first kappa shape index (κ1) is 16.5. The van der Waals surface area contributed by atoms with Crippen LogP contribution in [0.4, 0.5) is 10.5 Å².